The van der Waals surface area contributed by atoms with Crippen molar-refractivity contribution in [2.75, 3.05) is 58.3 Å². The zero-order valence-electron chi connectivity index (χ0n) is 12.5. The Balaban J connectivity index is 1.97. The molecule has 1 heterocycles. The highest BCUT2D eigenvalue weighted by Gasteiger charge is 2.20. The van der Waals surface area contributed by atoms with E-state index in [9.17, 15) is 0 Å². The standard InChI is InChI=1S/C15H25ClN4/c1-18(2)6-7-19-8-10-20(11-9-19)15-13(12-17)4-3-5-14(15)16/h3-5H,6-12,17H2,1-2H3. The fourth-order valence-corrected chi connectivity index (χ4v) is 2.93. The van der Waals surface area contributed by atoms with Gasteiger partial charge in [-0.15, -0.1) is 0 Å². The van der Waals surface area contributed by atoms with E-state index in [4.69, 9.17) is 17.3 Å². The highest BCUT2D eigenvalue weighted by molar-refractivity contribution is 6.33. The van der Waals surface area contributed by atoms with Crippen LogP contribution in [0.25, 0.3) is 0 Å². The van der Waals surface area contributed by atoms with Crippen molar-refractivity contribution in [1.82, 2.24) is 9.80 Å². The molecule has 1 aliphatic heterocycles. The zero-order valence-corrected chi connectivity index (χ0v) is 13.2. The molecule has 1 aromatic rings. The van der Waals surface area contributed by atoms with E-state index in [1.165, 1.54) is 0 Å². The third-order valence-corrected chi connectivity index (χ3v) is 4.15. The van der Waals surface area contributed by atoms with Crippen molar-refractivity contribution in [3.8, 4) is 0 Å². The minimum Gasteiger partial charge on any atom is -0.368 e. The van der Waals surface area contributed by atoms with Crippen LogP contribution in [0, 0.1) is 0 Å². The first-order valence-electron chi connectivity index (χ1n) is 7.21. The van der Waals surface area contributed by atoms with E-state index < -0.39 is 0 Å². The maximum absolute atomic E-state index is 6.36. The molecule has 0 radical (unpaired) electrons. The lowest BCUT2D eigenvalue weighted by molar-refractivity contribution is 0.229. The molecule has 0 unspecified atom stereocenters. The summed E-state index contributed by atoms with van der Waals surface area (Å²) in [4.78, 5) is 7.11. The van der Waals surface area contributed by atoms with Gasteiger partial charge in [-0.05, 0) is 25.7 Å². The summed E-state index contributed by atoms with van der Waals surface area (Å²) in [5, 5.41) is 0.815. The van der Waals surface area contributed by atoms with Crippen LogP contribution in [0.4, 0.5) is 5.69 Å². The second-order valence-corrected chi connectivity index (χ2v) is 5.99. The van der Waals surface area contributed by atoms with Gasteiger partial charge in [0.1, 0.15) is 0 Å². The maximum atomic E-state index is 6.36. The number of rotatable bonds is 5. The molecule has 0 aromatic heterocycles. The summed E-state index contributed by atoms with van der Waals surface area (Å²) in [6, 6.07) is 6.00. The fraction of sp³-hybridized carbons (Fsp3) is 0.600. The second kappa shape index (κ2) is 7.27. The number of likely N-dealkylation sites (N-methyl/N-ethyl adjacent to an activating group) is 1. The summed E-state index contributed by atoms with van der Waals surface area (Å²) in [7, 11) is 4.24. The smallest absolute Gasteiger partial charge is 0.0642 e. The van der Waals surface area contributed by atoms with Crippen LogP contribution in [0.15, 0.2) is 18.2 Å². The normalized spacial score (nSPS) is 16.9. The molecule has 0 bridgehead atoms. The SMILES string of the molecule is CN(C)CCN1CCN(c2c(Cl)cccc2CN)CC1. The fourth-order valence-electron chi connectivity index (χ4n) is 2.62. The monoisotopic (exact) mass is 296 g/mol. The van der Waals surface area contributed by atoms with Crippen LogP contribution in [-0.2, 0) is 6.54 Å². The third kappa shape index (κ3) is 3.85. The van der Waals surface area contributed by atoms with Gasteiger partial charge in [0.05, 0.1) is 10.7 Å². The number of nitrogens with zero attached hydrogens (tertiary/aromatic N) is 3. The van der Waals surface area contributed by atoms with Gasteiger partial charge in [0.15, 0.2) is 0 Å². The van der Waals surface area contributed by atoms with Gasteiger partial charge in [0.25, 0.3) is 0 Å². The van der Waals surface area contributed by atoms with Gasteiger partial charge in [-0.2, -0.15) is 0 Å². The average molecular weight is 297 g/mol. The summed E-state index contributed by atoms with van der Waals surface area (Å²) in [5.41, 5.74) is 8.10. The molecule has 112 valence electrons. The molecule has 0 atom stereocenters. The van der Waals surface area contributed by atoms with E-state index in [-0.39, 0.29) is 0 Å². The van der Waals surface area contributed by atoms with Gasteiger partial charge < -0.3 is 15.5 Å². The lowest BCUT2D eigenvalue weighted by atomic mass is 10.1. The predicted octanol–water partition coefficient (Wildman–Crippen LogP) is 1.48. The number of benzene rings is 1. The van der Waals surface area contributed by atoms with E-state index in [0.717, 1.165) is 55.5 Å². The van der Waals surface area contributed by atoms with Crippen molar-refractivity contribution in [1.29, 1.82) is 0 Å². The van der Waals surface area contributed by atoms with Gasteiger partial charge in [0, 0.05) is 45.8 Å². The molecule has 1 aromatic carbocycles. The first-order valence-corrected chi connectivity index (χ1v) is 7.59. The molecule has 1 aliphatic rings. The number of nitrogens with two attached hydrogens (primary N) is 1. The topological polar surface area (TPSA) is 35.7 Å². The summed E-state index contributed by atoms with van der Waals surface area (Å²) in [6.07, 6.45) is 0. The summed E-state index contributed by atoms with van der Waals surface area (Å²) >= 11 is 6.36. The molecular weight excluding hydrogens is 272 g/mol. The van der Waals surface area contributed by atoms with Crippen LogP contribution in [0.1, 0.15) is 5.56 Å². The largest absolute Gasteiger partial charge is 0.368 e. The van der Waals surface area contributed by atoms with Gasteiger partial charge in [-0.25, -0.2) is 0 Å². The van der Waals surface area contributed by atoms with Crippen LogP contribution < -0.4 is 10.6 Å². The zero-order chi connectivity index (χ0) is 14.5. The lowest BCUT2D eigenvalue weighted by Gasteiger charge is -2.37. The first-order chi connectivity index (χ1) is 9.61. The molecule has 2 N–H and O–H groups in total. The Bertz CT molecular complexity index is 428. The van der Waals surface area contributed by atoms with Crippen molar-refractivity contribution in [3.63, 3.8) is 0 Å². The molecular formula is C15H25ClN4. The Morgan fingerprint density at radius 2 is 1.90 bits per heavy atom. The Labute approximate surface area is 127 Å². The number of hydrogen-bond acceptors (Lipinski definition) is 4. The van der Waals surface area contributed by atoms with Gasteiger partial charge in [0.2, 0.25) is 0 Å². The quantitative estimate of drug-likeness (QED) is 0.893. The van der Waals surface area contributed by atoms with Crippen LogP contribution in [0.2, 0.25) is 5.02 Å². The Hall–Kier alpha value is -0.810. The lowest BCUT2D eigenvalue weighted by Crippen LogP contribution is -2.48. The van der Waals surface area contributed by atoms with Crippen molar-refractivity contribution in [2.45, 2.75) is 6.54 Å². The number of para-hydroxylation sites is 1. The van der Waals surface area contributed by atoms with E-state index in [0.29, 0.717) is 6.54 Å². The predicted molar refractivity (Wildman–Crippen MR) is 86.6 cm³/mol. The first kappa shape index (κ1) is 15.6. The van der Waals surface area contributed by atoms with Crippen LogP contribution in [0.3, 0.4) is 0 Å². The summed E-state index contributed by atoms with van der Waals surface area (Å²) < 4.78 is 0. The van der Waals surface area contributed by atoms with Crippen LogP contribution in [-0.4, -0.2) is 63.2 Å². The highest BCUT2D eigenvalue weighted by atomic mass is 35.5. The molecule has 5 heteroatoms. The van der Waals surface area contributed by atoms with Crippen LogP contribution >= 0.6 is 11.6 Å². The van der Waals surface area contributed by atoms with Crippen LogP contribution in [0.5, 0.6) is 0 Å². The second-order valence-electron chi connectivity index (χ2n) is 5.58. The van der Waals surface area contributed by atoms with Crippen molar-refractivity contribution in [3.05, 3.63) is 28.8 Å². The minimum atomic E-state index is 0.538. The average Bonchev–Trinajstić information content (AvgIpc) is 2.45. The Morgan fingerprint density at radius 1 is 1.20 bits per heavy atom. The molecule has 4 nitrogen and oxygen atoms in total. The number of anilines is 1. The summed E-state index contributed by atoms with van der Waals surface area (Å²) in [6.45, 7) is 6.99. The Kier molecular flexibility index (Phi) is 5.66. The Morgan fingerprint density at radius 3 is 2.50 bits per heavy atom. The maximum Gasteiger partial charge on any atom is 0.0642 e. The van der Waals surface area contributed by atoms with Crippen molar-refractivity contribution < 1.29 is 0 Å². The van der Waals surface area contributed by atoms with Gasteiger partial charge >= 0.3 is 0 Å². The number of hydrogen-bond donors (Lipinski definition) is 1. The van der Waals surface area contributed by atoms with Gasteiger partial charge in [-0.3, -0.25) is 4.90 Å². The van der Waals surface area contributed by atoms with Crippen molar-refractivity contribution in [2.24, 2.45) is 5.73 Å². The van der Waals surface area contributed by atoms with E-state index >= 15 is 0 Å². The minimum absolute atomic E-state index is 0.538. The molecule has 1 fully saturated rings. The molecule has 0 amide bonds. The summed E-state index contributed by atoms with van der Waals surface area (Å²) in [5.74, 6) is 0. The third-order valence-electron chi connectivity index (χ3n) is 3.84. The molecule has 0 spiro atoms. The highest BCUT2D eigenvalue weighted by Crippen LogP contribution is 2.30. The van der Waals surface area contributed by atoms with Gasteiger partial charge in [-0.1, -0.05) is 23.7 Å². The molecule has 2 rings (SSSR count). The van der Waals surface area contributed by atoms with E-state index in [1.54, 1.807) is 0 Å². The van der Waals surface area contributed by atoms with E-state index in [2.05, 4.69) is 34.9 Å². The molecule has 20 heavy (non-hydrogen) atoms. The molecule has 0 aliphatic carbocycles. The van der Waals surface area contributed by atoms with E-state index in [1.807, 2.05) is 12.1 Å². The molecule has 1 saturated heterocycles. The molecule has 0 saturated carbocycles. The van der Waals surface area contributed by atoms with Crippen molar-refractivity contribution >= 4 is 17.3 Å². The number of halogens is 1. The number of piperazine rings is 1.